The number of nitrogen functional groups attached to an aromatic ring is 1. The maximum absolute atomic E-state index is 14.1. The lowest BCUT2D eigenvalue weighted by Gasteiger charge is -2.42. The Morgan fingerprint density at radius 3 is 2.37 bits per heavy atom. The summed E-state index contributed by atoms with van der Waals surface area (Å²) >= 11 is 0. The van der Waals surface area contributed by atoms with Gasteiger partial charge in [-0.2, -0.15) is 5.10 Å². The SMILES string of the molecule is CCN(CC)c1cc2c(cc1C)C1(c3ccc(N)cc3O2)c2ccccc2C(=O)N1/N=C/C=Nc1ccc(C(C)=O)cc1. The lowest BCUT2D eigenvalue weighted by Crippen LogP contribution is -2.44. The normalized spacial score (nSPS) is 16.8. The number of nitrogens with zero attached hydrogens (tertiary/aromatic N) is 4. The lowest BCUT2D eigenvalue weighted by atomic mass is 9.74. The second kappa shape index (κ2) is 10.9. The molecule has 1 atom stereocenters. The Hall–Kier alpha value is -5.24. The smallest absolute Gasteiger partial charge is 0.275 e. The third-order valence-electron chi connectivity index (χ3n) is 8.21. The van der Waals surface area contributed by atoms with Gasteiger partial charge in [-0.05, 0) is 75.7 Å². The third-order valence-corrected chi connectivity index (χ3v) is 8.21. The van der Waals surface area contributed by atoms with Crippen LogP contribution in [-0.4, -0.2) is 42.2 Å². The Morgan fingerprint density at radius 1 is 0.930 bits per heavy atom. The lowest BCUT2D eigenvalue weighted by molar-refractivity contribution is 0.0675. The zero-order valence-corrected chi connectivity index (χ0v) is 24.7. The molecule has 0 aromatic heterocycles. The topological polar surface area (TPSA) is 101 Å². The van der Waals surface area contributed by atoms with Crippen molar-refractivity contribution in [1.29, 1.82) is 0 Å². The summed E-state index contributed by atoms with van der Waals surface area (Å²) in [6.45, 7) is 9.56. The number of aryl methyl sites for hydroxylation is 1. The number of nitrogens with two attached hydrogens (primary N) is 1. The van der Waals surface area contributed by atoms with Crippen molar-refractivity contribution in [2.45, 2.75) is 33.2 Å². The summed E-state index contributed by atoms with van der Waals surface area (Å²) in [6, 6.07) is 24.4. The molecular formula is C35H33N5O3. The van der Waals surface area contributed by atoms with Gasteiger partial charge in [-0.25, -0.2) is 5.01 Å². The number of hydrogen-bond donors (Lipinski definition) is 1. The van der Waals surface area contributed by atoms with Crippen LogP contribution in [-0.2, 0) is 5.54 Å². The zero-order chi connectivity index (χ0) is 30.3. The second-order valence-corrected chi connectivity index (χ2v) is 10.7. The Morgan fingerprint density at radius 2 is 1.65 bits per heavy atom. The van der Waals surface area contributed by atoms with Crippen molar-refractivity contribution >= 4 is 41.2 Å². The van der Waals surface area contributed by atoms with E-state index in [4.69, 9.17) is 15.6 Å². The van der Waals surface area contributed by atoms with E-state index < -0.39 is 5.54 Å². The van der Waals surface area contributed by atoms with Gasteiger partial charge in [0.15, 0.2) is 5.78 Å². The van der Waals surface area contributed by atoms with E-state index in [9.17, 15) is 9.59 Å². The molecule has 0 saturated carbocycles. The molecule has 0 bridgehead atoms. The van der Waals surface area contributed by atoms with Crippen molar-refractivity contribution in [3.8, 4) is 11.5 Å². The Bertz CT molecular complexity index is 1810. The first-order chi connectivity index (χ1) is 20.8. The largest absolute Gasteiger partial charge is 0.456 e. The van der Waals surface area contributed by atoms with Crippen molar-refractivity contribution in [2.75, 3.05) is 23.7 Å². The predicted molar refractivity (Wildman–Crippen MR) is 171 cm³/mol. The molecule has 8 heteroatoms. The van der Waals surface area contributed by atoms with Crippen LogP contribution in [0.15, 0.2) is 89.0 Å². The van der Waals surface area contributed by atoms with Crippen LogP contribution in [0.3, 0.4) is 0 Å². The fourth-order valence-corrected chi connectivity index (χ4v) is 6.16. The first-order valence-electron chi connectivity index (χ1n) is 14.4. The molecule has 1 spiro atoms. The molecular weight excluding hydrogens is 538 g/mol. The quantitative estimate of drug-likeness (QED) is 0.148. The van der Waals surface area contributed by atoms with E-state index in [-0.39, 0.29) is 11.7 Å². The molecule has 2 heterocycles. The number of Topliss-reactive ketones (excluding diaryl/α,β-unsaturated/α-hetero) is 1. The van der Waals surface area contributed by atoms with Gasteiger partial charge in [-0.3, -0.25) is 14.6 Å². The van der Waals surface area contributed by atoms with Gasteiger partial charge in [0.1, 0.15) is 17.0 Å². The second-order valence-electron chi connectivity index (χ2n) is 10.7. The number of carbonyl (C=O) groups excluding carboxylic acids is 2. The van der Waals surface area contributed by atoms with Crippen molar-refractivity contribution in [3.63, 3.8) is 0 Å². The highest BCUT2D eigenvalue weighted by atomic mass is 16.5. The molecule has 0 radical (unpaired) electrons. The van der Waals surface area contributed by atoms with Gasteiger partial charge in [0.05, 0.1) is 11.9 Å². The standard InChI is InChI=1S/C35H33N5O3/c1-5-39(6-2)31-21-33-30(19-22(31)3)35(29-16-13-25(36)20-32(29)43-33)28-10-8-7-9-27(28)34(42)40(35)38-18-17-37-26-14-11-24(12-15-26)23(4)41/h7-21H,5-6,36H2,1-4H3/b37-17?,38-18+. The maximum atomic E-state index is 14.1. The summed E-state index contributed by atoms with van der Waals surface area (Å²) in [6.07, 6.45) is 3.07. The molecule has 4 aromatic rings. The number of ether oxygens (including phenoxy) is 1. The monoisotopic (exact) mass is 571 g/mol. The molecule has 216 valence electrons. The van der Waals surface area contributed by atoms with Crippen molar-refractivity contribution in [2.24, 2.45) is 10.1 Å². The Labute approximate surface area is 251 Å². The molecule has 2 aliphatic heterocycles. The fourth-order valence-electron chi connectivity index (χ4n) is 6.16. The number of hydrogen-bond acceptors (Lipinski definition) is 7. The molecule has 0 fully saturated rings. The molecule has 1 unspecified atom stereocenters. The molecule has 4 aromatic carbocycles. The van der Waals surface area contributed by atoms with Gasteiger partial charge < -0.3 is 15.4 Å². The van der Waals surface area contributed by atoms with Gasteiger partial charge in [-0.1, -0.05) is 24.3 Å². The van der Waals surface area contributed by atoms with E-state index in [1.165, 1.54) is 18.1 Å². The minimum Gasteiger partial charge on any atom is -0.456 e. The van der Waals surface area contributed by atoms with Crippen LogP contribution < -0.4 is 15.4 Å². The minimum atomic E-state index is -1.09. The molecule has 6 rings (SSSR count). The number of anilines is 2. The van der Waals surface area contributed by atoms with Crippen LogP contribution in [0.2, 0.25) is 0 Å². The van der Waals surface area contributed by atoms with E-state index in [1.807, 2.05) is 36.4 Å². The molecule has 43 heavy (non-hydrogen) atoms. The third kappa shape index (κ3) is 4.46. The van der Waals surface area contributed by atoms with Crippen LogP contribution >= 0.6 is 0 Å². The number of rotatable bonds is 7. The van der Waals surface area contributed by atoms with Gasteiger partial charge in [0, 0.05) is 70.6 Å². The highest BCUT2D eigenvalue weighted by molar-refractivity contribution is 6.17. The van der Waals surface area contributed by atoms with Crippen LogP contribution in [0.1, 0.15) is 63.7 Å². The maximum Gasteiger partial charge on any atom is 0.275 e. The first kappa shape index (κ1) is 27.9. The number of carbonyl (C=O) groups is 2. The van der Waals surface area contributed by atoms with Crippen molar-refractivity contribution in [3.05, 3.63) is 112 Å². The van der Waals surface area contributed by atoms with E-state index in [0.717, 1.165) is 41.0 Å². The van der Waals surface area contributed by atoms with Crippen LogP contribution in [0.5, 0.6) is 11.5 Å². The number of aliphatic imine (C=N–C) groups is 1. The first-order valence-corrected chi connectivity index (χ1v) is 14.4. The number of amides is 1. The highest BCUT2D eigenvalue weighted by Crippen LogP contribution is 2.58. The summed E-state index contributed by atoms with van der Waals surface area (Å²) in [5.41, 5.74) is 12.1. The zero-order valence-electron chi connectivity index (χ0n) is 24.7. The number of fused-ring (bicyclic) bond motifs is 6. The number of benzene rings is 4. The molecule has 1 amide bonds. The summed E-state index contributed by atoms with van der Waals surface area (Å²) in [5, 5.41) is 6.29. The van der Waals surface area contributed by atoms with Crippen molar-refractivity contribution in [1.82, 2.24) is 5.01 Å². The van der Waals surface area contributed by atoms with Crippen molar-refractivity contribution < 1.29 is 14.3 Å². The van der Waals surface area contributed by atoms with E-state index in [1.54, 1.807) is 36.5 Å². The molecule has 2 aliphatic rings. The van der Waals surface area contributed by atoms with Crippen LogP contribution in [0, 0.1) is 6.92 Å². The summed E-state index contributed by atoms with van der Waals surface area (Å²) in [7, 11) is 0. The Balaban J connectivity index is 1.54. The highest BCUT2D eigenvalue weighted by Gasteiger charge is 2.57. The molecule has 0 aliphatic carbocycles. The van der Waals surface area contributed by atoms with Gasteiger partial charge in [0.2, 0.25) is 0 Å². The van der Waals surface area contributed by atoms with E-state index >= 15 is 0 Å². The van der Waals surface area contributed by atoms with Crippen LogP contribution in [0.25, 0.3) is 0 Å². The van der Waals surface area contributed by atoms with Gasteiger partial charge in [-0.15, -0.1) is 0 Å². The van der Waals surface area contributed by atoms with E-state index in [2.05, 4.69) is 42.8 Å². The molecule has 0 saturated heterocycles. The van der Waals surface area contributed by atoms with Gasteiger partial charge in [0.25, 0.3) is 5.91 Å². The van der Waals surface area contributed by atoms with E-state index in [0.29, 0.717) is 34.0 Å². The fraction of sp³-hybridized carbons (Fsp3) is 0.200. The predicted octanol–water partition coefficient (Wildman–Crippen LogP) is 6.87. The number of ketones is 1. The average molecular weight is 572 g/mol. The van der Waals surface area contributed by atoms with Gasteiger partial charge >= 0.3 is 0 Å². The number of hydrazone groups is 1. The molecule has 8 nitrogen and oxygen atoms in total. The minimum absolute atomic E-state index is 0.00673. The summed E-state index contributed by atoms with van der Waals surface area (Å²) < 4.78 is 6.54. The average Bonchev–Trinajstić information content (AvgIpc) is 3.25. The Kier molecular flexibility index (Phi) is 7.05. The molecule has 2 N–H and O–H groups in total. The summed E-state index contributed by atoms with van der Waals surface area (Å²) in [5.74, 6) is 0.986. The van der Waals surface area contributed by atoms with Crippen LogP contribution in [0.4, 0.5) is 17.1 Å². The summed E-state index contributed by atoms with van der Waals surface area (Å²) in [4.78, 5) is 32.5.